The van der Waals surface area contributed by atoms with Gasteiger partial charge in [0.2, 0.25) is 0 Å². The van der Waals surface area contributed by atoms with Crippen molar-refractivity contribution in [3.8, 4) is 0 Å². The third kappa shape index (κ3) is 4.00. The van der Waals surface area contributed by atoms with Gasteiger partial charge in [0, 0.05) is 28.2 Å². The maximum Gasteiger partial charge on any atom is 0.315 e. The first-order valence-corrected chi connectivity index (χ1v) is 6.90. The fourth-order valence-electron chi connectivity index (χ4n) is 1.81. The van der Waals surface area contributed by atoms with Gasteiger partial charge in [0.25, 0.3) is 0 Å². The maximum atomic E-state index is 11.5. The molecule has 19 heavy (non-hydrogen) atoms. The molecule has 0 aliphatic heterocycles. The third-order valence-electron chi connectivity index (χ3n) is 3.20. The van der Waals surface area contributed by atoms with E-state index in [1.165, 1.54) is 0 Å². The normalized spacial score (nSPS) is 22.7. The van der Waals surface area contributed by atoms with Gasteiger partial charge in [-0.15, -0.1) is 0 Å². The van der Waals surface area contributed by atoms with E-state index in [0.29, 0.717) is 21.5 Å². The van der Waals surface area contributed by atoms with Crippen LogP contribution in [0.1, 0.15) is 25.0 Å². The molecule has 3 atom stereocenters. The van der Waals surface area contributed by atoms with Crippen LogP contribution in [0, 0.1) is 5.92 Å². The van der Waals surface area contributed by atoms with Gasteiger partial charge in [-0.2, -0.15) is 0 Å². The summed E-state index contributed by atoms with van der Waals surface area (Å²) in [5, 5.41) is 16.3. The largest absolute Gasteiger partial charge is 0.387 e. The van der Waals surface area contributed by atoms with E-state index in [-0.39, 0.29) is 18.6 Å². The zero-order valence-corrected chi connectivity index (χ0v) is 12.0. The third-order valence-corrected chi connectivity index (χ3v) is 3.77. The van der Waals surface area contributed by atoms with Crippen molar-refractivity contribution in [1.82, 2.24) is 10.6 Å². The lowest BCUT2D eigenvalue weighted by Gasteiger charge is -2.14. The van der Waals surface area contributed by atoms with Crippen LogP contribution in [-0.4, -0.2) is 23.7 Å². The van der Waals surface area contributed by atoms with E-state index in [4.69, 9.17) is 23.2 Å². The van der Waals surface area contributed by atoms with Crippen molar-refractivity contribution in [2.45, 2.75) is 25.5 Å². The molecule has 0 bridgehead atoms. The van der Waals surface area contributed by atoms with Gasteiger partial charge in [0.05, 0.1) is 6.10 Å². The summed E-state index contributed by atoms with van der Waals surface area (Å²) in [6.07, 6.45) is 0.158. The molecule has 3 N–H and O–H groups in total. The molecule has 1 aromatic rings. The molecule has 6 heteroatoms. The second-order valence-electron chi connectivity index (χ2n) is 4.86. The molecule has 0 spiro atoms. The first-order valence-electron chi connectivity index (χ1n) is 6.14. The van der Waals surface area contributed by atoms with E-state index >= 15 is 0 Å². The van der Waals surface area contributed by atoms with Crippen molar-refractivity contribution in [2.75, 3.05) is 6.54 Å². The van der Waals surface area contributed by atoms with E-state index in [9.17, 15) is 9.90 Å². The van der Waals surface area contributed by atoms with Gasteiger partial charge in [0.15, 0.2) is 0 Å². The number of aliphatic hydroxyl groups excluding tert-OH is 1. The first-order chi connectivity index (χ1) is 8.97. The number of nitrogens with one attached hydrogen (secondary N) is 2. The molecule has 0 saturated heterocycles. The quantitative estimate of drug-likeness (QED) is 0.801. The molecule has 0 aromatic heterocycles. The van der Waals surface area contributed by atoms with Crippen LogP contribution < -0.4 is 10.6 Å². The number of carbonyl (C=O) groups excluding carboxylic acids is 1. The van der Waals surface area contributed by atoms with E-state index in [1.807, 2.05) is 0 Å². The lowest BCUT2D eigenvalue weighted by atomic mass is 10.1. The number of halogens is 2. The Morgan fingerprint density at radius 1 is 1.53 bits per heavy atom. The van der Waals surface area contributed by atoms with Gasteiger partial charge in [-0.25, -0.2) is 4.79 Å². The van der Waals surface area contributed by atoms with E-state index in [1.54, 1.807) is 18.2 Å². The molecule has 2 rings (SSSR count). The highest BCUT2D eigenvalue weighted by molar-refractivity contribution is 6.35. The Morgan fingerprint density at radius 2 is 2.21 bits per heavy atom. The van der Waals surface area contributed by atoms with Crippen LogP contribution in [0.4, 0.5) is 4.79 Å². The van der Waals surface area contributed by atoms with Gasteiger partial charge in [-0.05, 0) is 24.5 Å². The molecule has 1 aromatic carbocycles. The lowest BCUT2D eigenvalue weighted by molar-refractivity contribution is 0.173. The van der Waals surface area contributed by atoms with Crippen molar-refractivity contribution in [1.29, 1.82) is 0 Å². The summed E-state index contributed by atoms with van der Waals surface area (Å²) in [5.74, 6) is 0.543. The number of carbonyl (C=O) groups is 1. The van der Waals surface area contributed by atoms with Crippen molar-refractivity contribution in [2.24, 2.45) is 5.92 Å². The maximum absolute atomic E-state index is 11.5. The molecule has 1 aliphatic rings. The lowest BCUT2D eigenvalue weighted by Crippen LogP contribution is -2.39. The number of hydrogen-bond donors (Lipinski definition) is 3. The zero-order valence-electron chi connectivity index (χ0n) is 10.5. The smallest absolute Gasteiger partial charge is 0.315 e. The minimum Gasteiger partial charge on any atom is -0.387 e. The molecular weight excluding hydrogens is 287 g/mol. The van der Waals surface area contributed by atoms with E-state index in [0.717, 1.165) is 6.42 Å². The zero-order chi connectivity index (χ0) is 14.0. The Morgan fingerprint density at radius 3 is 2.79 bits per heavy atom. The summed E-state index contributed by atoms with van der Waals surface area (Å²) in [5.41, 5.74) is 0.547. The van der Waals surface area contributed by atoms with Crippen LogP contribution in [0.5, 0.6) is 0 Å². The molecule has 0 radical (unpaired) electrons. The van der Waals surface area contributed by atoms with Crippen LogP contribution in [0.15, 0.2) is 18.2 Å². The van der Waals surface area contributed by atoms with Gasteiger partial charge in [0.1, 0.15) is 0 Å². The van der Waals surface area contributed by atoms with Crippen LogP contribution in [0.2, 0.25) is 10.0 Å². The second kappa shape index (κ2) is 5.99. The van der Waals surface area contributed by atoms with Gasteiger partial charge in [-0.3, -0.25) is 0 Å². The number of amides is 2. The SMILES string of the molecule is CC1CC1NC(=O)NCC(O)c1ccc(Cl)cc1Cl. The predicted octanol–water partition coefficient (Wildman–Crippen LogP) is 2.73. The number of urea groups is 1. The number of benzene rings is 1. The average Bonchev–Trinajstić information content (AvgIpc) is 3.01. The summed E-state index contributed by atoms with van der Waals surface area (Å²) in [6, 6.07) is 4.86. The average molecular weight is 303 g/mol. The Hall–Kier alpha value is -0.970. The van der Waals surface area contributed by atoms with Crippen LogP contribution >= 0.6 is 23.2 Å². The van der Waals surface area contributed by atoms with Gasteiger partial charge >= 0.3 is 6.03 Å². The summed E-state index contributed by atoms with van der Waals surface area (Å²) >= 11 is 11.8. The molecule has 2 amide bonds. The predicted molar refractivity (Wildman–Crippen MR) is 75.5 cm³/mol. The molecule has 1 aliphatic carbocycles. The Labute approximate surface area is 122 Å². The standard InChI is InChI=1S/C13H16Cl2N2O2/c1-7-4-11(7)17-13(19)16-6-12(18)9-3-2-8(14)5-10(9)15/h2-3,5,7,11-12,18H,4,6H2,1H3,(H2,16,17,19). The topological polar surface area (TPSA) is 61.4 Å². The van der Waals surface area contributed by atoms with E-state index < -0.39 is 6.10 Å². The van der Waals surface area contributed by atoms with Crippen LogP contribution in [0.25, 0.3) is 0 Å². The molecule has 4 nitrogen and oxygen atoms in total. The Bertz CT molecular complexity index is 482. The summed E-state index contributed by atoms with van der Waals surface area (Å²) < 4.78 is 0. The summed E-state index contributed by atoms with van der Waals surface area (Å²) in [6.45, 7) is 2.18. The van der Waals surface area contributed by atoms with Crippen molar-refractivity contribution >= 4 is 29.2 Å². The number of rotatable bonds is 4. The number of aliphatic hydroxyl groups is 1. The Balaban J connectivity index is 1.83. The fraction of sp³-hybridized carbons (Fsp3) is 0.462. The van der Waals surface area contributed by atoms with Crippen molar-refractivity contribution in [3.63, 3.8) is 0 Å². The minimum absolute atomic E-state index is 0.105. The van der Waals surface area contributed by atoms with Gasteiger partial charge in [-0.1, -0.05) is 36.2 Å². The first kappa shape index (κ1) is 14.4. The van der Waals surface area contributed by atoms with E-state index in [2.05, 4.69) is 17.6 Å². The summed E-state index contributed by atoms with van der Waals surface area (Å²) in [4.78, 5) is 11.5. The summed E-state index contributed by atoms with van der Waals surface area (Å²) in [7, 11) is 0. The van der Waals surface area contributed by atoms with Crippen LogP contribution in [-0.2, 0) is 0 Å². The highest BCUT2D eigenvalue weighted by Crippen LogP contribution is 2.29. The van der Waals surface area contributed by atoms with Crippen LogP contribution in [0.3, 0.4) is 0 Å². The highest BCUT2D eigenvalue weighted by atomic mass is 35.5. The highest BCUT2D eigenvalue weighted by Gasteiger charge is 2.33. The van der Waals surface area contributed by atoms with Gasteiger partial charge < -0.3 is 15.7 Å². The molecular formula is C13H16Cl2N2O2. The molecule has 1 saturated carbocycles. The molecule has 1 fully saturated rings. The molecule has 0 heterocycles. The Kier molecular flexibility index (Phi) is 4.55. The fourth-order valence-corrected chi connectivity index (χ4v) is 2.35. The monoisotopic (exact) mass is 302 g/mol. The van der Waals surface area contributed by atoms with Crippen molar-refractivity contribution in [3.05, 3.63) is 33.8 Å². The molecule has 3 unspecified atom stereocenters. The van der Waals surface area contributed by atoms with Crippen molar-refractivity contribution < 1.29 is 9.90 Å². The number of hydrogen-bond acceptors (Lipinski definition) is 2. The molecule has 104 valence electrons. The second-order valence-corrected chi connectivity index (χ2v) is 5.70. The minimum atomic E-state index is -0.854.